The summed E-state index contributed by atoms with van der Waals surface area (Å²) in [5, 5.41) is 0. The summed E-state index contributed by atoms with van der Waals surface area (Å²) in [6, 6.07) is 10.7. The number of methoxy groups -OCH3 is 1. The SMILES string of the molecule is COc1ccc(C=C2N=C(c3ccc(C)c(C)c3)OC2=O)cc1OC(C)=O. The van der Waals surface area contributed by atoms with Crippen molar-refractivity contribution in [3.63, 3.8) is 0 Å². The highest BCUT2D eigenvalue weighted by molar-refractivity contribution is 6.12. The molecular formula is C21H19NO5. The van der Waals surface area contributed by atoms with Crippen LogP contribution in [0.25, 0.3) is 6.08 Å². The van der Waals surface area contributed by atoms with Crippen LogP contribution in [0.1, 0.15) is 29.2 Å². The van der Waals surface area contributed by atoms with E-state index in [0.29, 0.717) is 11.3 Å². The lowest BCUT2D eigenvalue weighted by Gasteiger charge is -2.08. The monoisotopic (exact) mass is 365 g/mol. The van der Waals surface area contributed by atoms with Crippen molar-refractivity contribution in [2.24, 2.45) is 4.99 Å². The fourth-order valence-electron chi connectivity index (χ4n) is 2.58. The second kappa shape index (κ2) is 7.45. The molecule has 1 aliphatic heterocycles. The van der Waals surface area contributed by atoms with Crippen LogP contribution in [0.5, 0.6) is 11.5 Å². The van der Waals surface area contributed by atoms with E-state index < -0.39 is 11.9 Å². The Morgan fingerprint density at radius 3 is 2.52 bits per heavy atom. The van der Waals surface area contributed by atoms with Gasteiger partial charge in [0.1, 0.15) is 0 Å². The van der Waals surface area contributed by atoms with E-state index >= 15 is 0 Å². The van der Waals surface area contributed by atoms with Crippen LogP contribution in [0.15, 0.2) is 47.1 Å². The van der Waals surface area contributed by atoms with Crippen molar-refractivity contribution in [2.75, 3.05) is 7.11 Å². The van der Waals surface area contributed by atoms with Crippen molar-refractivity contribution in [1.82, 2.24) is 0 Å². The molecule has 0 radical (unpaired) electrons. The summed E-state index contributed by atoms with van der Waals surface area (Å²) in [5.41, 5.74) is 3.77. The molecule has 0 spiro atoms. The van der Waals surface area contributed by atoms with Crippen LogP contribution >= 0.6 is 0 Å². The molecule has 2 aromatic carbocycles. The number of carbonyl (C=O) groups excluding carboxylic acids is 2. The second-order valence-electron chi connectivity index (χ2n) is 6.14. The van der Waals surface area contributed by atoms with E-state index in [1.807, 2.05) is 32.0 Å². The van der Waals surface area contributed by atoms with Gasteiger partial charge in [-0.15, -0.1) is 0 Å². The average molecular weight is 365 g/mol. The lowest BCUT2D eigenvalue weighted by molar-refractivity contribution is -0.132. The van der Waals surface area contributed by atoms with E-state index in [2.05, 4.69) is 4.99 Å². The van der Waals surface area contributed by atoms with Crippen molar-refractivity contribution in [1.29, 1.82) is 0 Å². The van der Waals surface area contributed by atoms with Gasteiger partial charge in [-0.1, -0.05) is 12.1 Å². The highest BCUT2D eigenvalue weighted by atomic mass is 16.6. The van der Waals surface area contributed by atoms with Crippen LogP contribution in [0, 0.1) is 13.8 Å². The minimum absolute atomic E-state index is 0.169. The van der Waals surface area contributed by atoms with Gasteiger partial charge < -0.3 is 14.2 Å². The summed E-state index contributed by atoms with van der Waals surface area (Å²) in [6.45, 7) is 5.30. The van der Waals surface area contributed by atoms with Crippen LogP contribution < -0.4 is 9.47 Å². The fraction of sp³-hybridized carbons (Fsp3) is 0.190. The van der Waals surface area contributed by atoms with Gasteiger partial charge in [0.25, 0.3) is 0 Å². The number of benzene rings is 2. The molecule has 0 unspecified atom stereocenters. The molecule has 0 aliphatic carbocycles. The Hall–Kier alpha value is -3.41. The topological polar surface area (TPSA) is 74.2 Å². The number of hydrogen-bond donors (Lipinski definition) is 0. The first kappa shape index (κ1) is 18.4. The Labute approximate surface area is 157 Å². The molecule has 6 nitrogen and oxygen atoms in total. The summed E-state index contributed by atoms with van der Waals surface area (Å²) in [5.74, 6) is -0.0469. The predicted molar refractivity (Wildman–Crippen MR) is 101 cm³/mol. The van der Waals surface area contributed by atoms with Crippen molar-refractivity contribution in [2.45, 2.75) is 20.8 Å². The van der Waals surface area contributed by atoms with Gasteiger partial charge in [-0.05, 0) is 60.9 Å². The van der Waals surface area contributed by atoms with Crippen molar-refractivity contribution in [3.05, 3.63) is 64.3 Å². The van der Waals surface area contributed by atoms with Gasteiger partial charge in [0.05, 0.1) is 7.11 Å². The number of ether oxygens (including phenoxy) is 3. The third kappa shape index (κ3) is 4.06. The Morgan fingerprint density at radius 2 is 1.85 bits per heavy atom. The summed E-state index contributed by atoms with van der Waals surface area (Å²) in [6.07, 6.45) is 1.57. The van der Waals surface area contributed by atoms with Gasteiger partial charge in [0.15, 0.2) is 17.2 Å². The molecule has 2 aromatic rings. The first-order valence-electron chi connectivity index (χ1n) is 8.34. The van der Waals surface area contributed by atoms with Gasteiger partial charge >= 0.3 is 11.9 Å². The molecule has 1 aliphatic rings. The fourth-order valence-corrected chi connectivity index (χ4v) is 2.58. The Kier molecular flexibility index (Phi) is 5.07. The third-order valence-corrected chi connectivity index (χ3v) is 4.12. The molecular weight excluding hydrogens is 346 g/mol. The average Bonchev–Trinajstić information content (AvgIpc) is 2.98. The zero-order valence-electron chi connectivity index (χ0n) is 15.5. The van der Waals surface area contributed by atoms with Gasteiger partial charge in [-0.2, -0.15) is 0 Å². The van der Waals surface area contributed by atoms with Crippen LogP contribution in [-0.4, -0.2) is 24.9 Å². The predicted octanol–water partition coefficient (Wildman–Crippen LogP) is 3.58. The number of esters is 2. The highest BCUT2D eigenvalue weighted by Gasteiger charge is 2.24. The molecule has 0 bridgehead atoms. The molecule has 0 fully saturated rings. The maximum Gasteiger partial charge on any atom is 0.363 e. The van der Waals surface area contributed by atoms with Gasteiger partial charge in [-0.3, -0.25) is 4.79 Å². The minimum Gasteiger partial charge on any atom is -0.493 e. The molecule has 0 atom stereocenters. The first-order valence-corrected chi connectivity index (χ1v) is 8.34. The summed E-state index contributed by atoms with van der Waals surface area (Å²) in [7, 11) is 1.48. The standard InChI is InChI=1S/C21H19NO5/c1-12-5-7-16(9-13(12)2)20-22-17(21(24)27-20)10-15-6-8-18(25-4)19(11-15)26-14(3)23/h5-11H,1-4H3. The minimum atomic E-state index is -0.534. The Morgan fingerprint density at radius 1 is 1.07 bits per heavy atom. The molecule has 0 aromatic heterocycles. The first-order chi connectivity index (χ1) is 12.9. The molecule has 1 heterocycles. The smallest absolute Gasteiger partial charge is 0.363 e. The number of nitrogens with zero attached hydrogens (tertiary/aromatic N) is 1. The summed E-state index contributed by atoms with van der Waals surface area (Å²) >= 11 is 0. The van der Waals surface area contributed by atoms with E-state index in [4.69, 9.17) is 14.2 Å². The van der Waals surface area contributed by atoms with Gasteiger partial charge in [0, 0.05) is 12.5 Å². The summed E-state index contributed by atoms with van der Waals surface area (Å²) < 4.78 is 15.6. The lowest BCUT2D eigenvalue weighted by Crippen LogP contribution is -2.06. The molecule has 0 saturated carbocycles. The molecule has 0 N–H and O–H groups in total. The molecule has 6 heteroatoms. The Bertz CT molecular complexity index is 988. The Balaban J connectivity index is 1.94. The molecule has 27 heavy (non-hydrogen) atoms. The molecule has 138 valence electrons. The van der Waals surface area contributed by atoms with E-state index in [9.17, 15) is 9.59 Å². The van der Waals surface area contributed by atoms with Crippen LogP contribution in [0.3, 0.4) is 0 Å². The number of rotatable bonds is 4. The molecule has 3 rings (SSSR count). The lowest BCUT2D eigenvalue weighted by atomic mass is 10.1. The maximum absolute atomic E-state index is 12.2. The van der Waals surface area contributed by atoms with E-state index in [-0.39, 0.29) is 17.3 Å². The van der Waals surface area contributed by atoms with Crippen molar-refractivity contribution < 1.29 is 23.8 Å². The van der Waals surface area contributed by atoms with E-state index in [0.717, 1.165) is 16.7 Å². The highest BCUT2D eigenvalue weighted by Crippen LogP contribution is 2.30. The van der Waals surface area contributed by atoms with Crippen molar-refractivity contribution in [3.8, 4) is 11.5 Å². The number of aryl methyl sites for hydroxylation is 2. The molecule has 0 amide bonds. The van der Waals surface area contributed by atoms with E-state index in [1.165, 1.54) is 14.0 Å². The van der Waals surface area contributed by atoms with Gasteiger partial charge in [-0.25, -0.2) is 9.79 Å². The maximum atomic E-state index is 12.2. The zero-order chi connectivity index (χ0) is 19.6. The quantitative estimate of drug-likeness (QED) is 0.470. The number of carbonyl (C=O) groups is 2. The zero-order valence-corrected chi connectivity index (χ0v) is 15.5. The largest absolute Gasteiger partial charge is 0.493 e. The number of cyclic esters (lactones) is 1. The second-order valence-corrected chi connectivity index (χ2v) is 6.14. The molecule has 0 saturated heterocycles. The van der Waals surface area contributed by atoms with E-state index in [1.54, 1.807) is 24.3 Å². The number of aliphatic imine (C=N–C) groups is 1. The normalized spacial score (nSPS) is 14.7. The van der Waals surface area contributed by atoms with Crippen LogP contribution in [0.2, 0.25) is 0 Å². The van der Waals surface area contributed by atoms with Crippen molar-refractivity contribution >= 4 is 23.9 Å². The summed E-state index contributed by atoms with van der Waals surface area (Å²) in [4.78, 5) is 27.7. The van der Waals surface area contributed by atoms with Crippen LogP contribution in [0.4, 0.5) is 0 Å². The third-order valence-electron chi connectivity index (χ3n) is 4.12. The van der Waals surface area contributed by atoms with Gasteiger partial charge in [0.2, 0.25) is 5.90 Å². The number of hydrogen-bond acceptors (Lipinski definition) is 6. The van der Waals surface area contributed by atoms with Crippen LogP contribution in [-0.2, 0) is 14.3 Å².